The van der Waals surface area contributed by atoms with Crippen molar-refractivity contribution in [2.75, 3.05) is 13.1 Å². The van der Waals surface area contributed by atoms with Crippen LogP contribution in [-0.2, 0) is 21.2 Å². The van der Waals surface area contributed by atoms with Gasteiger partial charge in [0.2, 0.25) is 15.9 Å². The quantitative estimate of drug-likeness (QED) is 0.642. The first-order chi connectivity index (χ1) is 14.0. The minimum absolute atomic E-state index is 0.258. The molecule has 29 heavy (non-hydrogen) atoms. The highest BCUT2D eigenvalue weighted by Crippen LogP contribution is 2.40. The molecule has 0 N–H and O–H groups in total. The van der Waals surface area contributed by atoms with Crippen LogP contribution in [-0.4, -0.2) is 48.7 Å². The highest BCUT2D eigenvalue weighted by atomic mass is 32.2. The minimum Gasteiger partial charge on any atom is -0.337 e. The lowest BCUT2D eigenvalue weighted by Gasteiger charge is -2.29. The second-order valence-electron chi connectivity index (χ2n) is 9.07. The second kappa shape index (κ2) is 8.76. The highest BCUT2D eigenvalue weighted by molar-refractivity contribution is 7.89. The molecule has 1 amide bonds. The first-order valence-electron chi connectivity index (χ1n) is 11.4. The SMILES string of the molecule is CC(C1CC1)N(C(=O)CCc1ccc(S(=O)(=O)N2CCCCCC2)cc1)C1CC1. The molecule has 1 saturated heterocycles. The van der Waals surface area contributed by atoms with E-state index in [2.05, 4.69) is 11.8 Å². The van der Waals surface area contributed by atoms with Crippen molar-refractivity contribution in [1.82, 2.24) is 9.21 Å². The number of carbonyl (C=O) groups excluding carboxylic acids is 1. The van der Waals surface area contributed by atoms with Gasteiger partial charge < -0.3 is 4.90 Å². The molecule has 0 spiro atoms. The number of benzene rings is 1. The number of sulfonamides is 1. The summed E-state index contributed by atoms with van der Waals surface area (Å²) in [6, 6.07) is 8.01. The molecule has 4 rings (SSSR count). The Labute approximate surface area is 175 Å². The van der Waals surface area contributed by atoms with Gasteiger partial charge in [0.1, 0.15) is 0 Å². The van der Waals surface area contributed by atoms with Crippen LogP contribution in [0.3, 0.4) is 0 Å². The van der Waals surface area contributed by atoms with Crippen LogP contribution in [0.4, 0.5) is 0 Å². The fraction of sp³-hybridized carbons (Fsp3) is 0.696. The van der Waals surface area contributed by atoms with E-state index in [9.17, 15) is 13.2 Å². The zero-order valence-corrected chi connectivity index (χ0v) is 18.4. The molecule has 0 bridgehead atoms. The van der Waals surface area contributed by atoms with E-state index in [0.29, 0.717) is 48.8 Å². The maximum absolute atomic E-state index is 12.9. The molecule has 1 aromatic carbocycles. The first kappa shape index (κ1) is 20.9. The van der Waals surface area contributed by atoms with Crippen molar-refractivity contribution in [2.45, 2.75) is 88.1 Å². The molecule has 2 aliphatic carbocycles. The summed E-state index contributed by atoms with van der Waals surface area (Å²) in [6.07, 6.45) is 10.1. The van der Waals surface area contributed by atoms with E-state index >= 15 is 0 Å². The third-order valence-electron chi connectivity index (χ3n) is 6.72. The van der Waals surface area contributed by atoms with Crippen molar-refractivity contribution in [3.63, 3.8) is 0 Å². The number of hydrogen-bond acceptors (Lipinski definition) is 3. The zero-order valence-electron chi connectivity index (χ0n) is 17.6. The van der Waals surface area contributed by atoms with Gasteiger partial charge in [-0.3, -0.25) is 4.79 Å². The summed E-state index contributed by atoms with van der Waals surface area (Å²) in [4.78, 5) is 15.4. The van der Waals surface area contributed by atoms with Crippen molar-refractivity contribution < 1.29 is 13.2 Å². The topological polar surface area (TPSA) is 57.7 Å². The van der Waals surface area contributed by atoms with Crippen molar-refractivity contribution in [3.05, 3.63) is 29.8 Å². The third kappa shape index (κ3) is 5.02. The molecule has 3 aliphatic rings. The summed E-state index contributed by atoms with van der Waals surface area (Å²) in [5, 5.41) is 0. The fourth-order valence-corrected chi connectivity index (χ4v) is 6.08. The van der Waals surface area contributed by atoms with Crippen LogP contribution in [0, 0.1) is 5.92 Å². The standard InChI is InChI=1S/C23H34N2O3S/c1-18(20-9-10-20)25(21-11-12-21)23(26)15-8-19-6-13-22(14-7-19)29(27,28)24-16-4-2-3-5-17-24/h6-7,13-14,18,20-21H,2-5,8-12,15-17H2,1H3. The average Bonchev–Trinajstić information content (AvgIpc) is 3.60. The van der Waals surface area contributed by atoms with E-state index in [1.54, 1.807) is 16.4 Å². The van der Waals surface area contributed by atoms with E-state index in [1.165, 1.54) is 12.8 Å². The molecule has 1 heterocycles. The van der Waals surface area contributed by atoms with E-state index < -0.39 is 10.0 Å². The number of aryl methyl sites for hydroxylation is 1. The molecule has 6 heteroatoms. The van der Waals surface area contributed by atoms with Crippen LogP contribution >= 0.6 is 0 Å². The Hall–Kier alpha value is -1.40. The molecule has 160 valence electrons. The van der Waals surface area contributed by atoms with E-state index in [0.717, 1.165) is 44.1 Å². The molecule has 3 fully saturated rings. The molecular formula is C23H34N2O3S. The molecule has 1 unspecified atom stereocenters. The van der Waals surface area contributed by atoms with Gasteiger partial charge in [-0.1, -0.05) is 25.0 Å². The summed E-state index contributed by atoms with van der Waals surface area (Å²) in [5.41, 5.74) is 1.03. The maximum atomic E-state index is 12.9. The Balaban J connectivity index is 1.36. The summed E-state index contributed by atoms with van der Waals surface area (Å²) < 4.78 is 27.4. The van der Waals surface area contributed by atoms with Gasteiger partial charge in [-0.25, -0.2) is 8.42 Å². The third-order valence-corrected chi connectivity index (χ3v) is 8.64. The van der Waals surface area contributed by atoms with Crippen LogP contribution in [0.5, 0.6) is 0 Å². The normalized spacial score (nSPS) is 22.1. The van der Waals surface area contributed by atoms with Crippen LogP contribution in [0.25, 0.3) is 0 Å². The largest absolute Gasteiger partial charge is 0.337 e. The Morgan fingerprint density at radius 1 is 1.03 bits per heavy atom. The van der Waals surface area contributed by atoms with Gasteiger partial charge in [0.25, 0.3) is 0 Å². The number of rotatable bonds is 8. The monoisotopic (exact) mass is 418 g/mol. The first-order valence-corrected chi connectivity index (χ1v) is 12.8. The Kier molecular flexibility index (Phi) is 6.30. The van der Waals surface area contributed by atoms with Gasteiger partial charge in [-0.15, -0.1) is 0 Å². The van der Waals surface area contributed by atoms with Gasteiger partial charge in [0.15, 0.2) is 0 Å². The van der Waals surface area contributed by atoms with E-state index in [-0.39, 0.29) is 5.91 Å². The van der Waals surface area contributed by atoms with Gasteiger partial charge in [-0.2, -0.15) is 4.31 Å². The number of carbonyl (C=O) groups is 1. The van der Waals surface area contributed by atoms with Crippen molar-refractivity contribution in [3.8, 4) is 0 Å². The fourth-order valence-electron chi connectivity index (χ4n) is 4.56. The van der Waals surface area contributed by atoms with Crippen LogP contribution in [0.1, 0.15) is 70.3 Å². The van der Waals surface area contributed by atoms with Crippen LogP contribution < -0.4 is 0 Å². The predicted molar refractivity (Wildman–Crippen MR) is 114 cm³/mol. The van der Waals surface area contributed by atoms with E-state index in [4.69, 9.17) is 0 Å². The van der Waals surface area contributed by atoms with Crippen LogP contribution in [0.15, 0.2) is 29.2 Å². The Morgan fingerprint density at radius 3 is 2.21 bits per heavy atom. The zero-order chi connectivity index (χ0) is 20.4. The maximum Gasteiger partial charge on any atom is 0.243 e. The smallest absolute Gasteiger partial charge is 0.243 e. The number of nitrogens with zero attached hydrogens (tertiary/aromatic N) is 2. The predicted octanol–water partition coefficient (Wildman–Crippen LogP) is 3.97. The molecular weight excluding hydrogens is 384 g/mol. The summed E-state index contributed by atoms with van der Waals surface area (Å²) in [5.74, 6) is 0.955. The summed E-state index contributed by atoms with van der Waals surface area (Å²) in [6.45, 7) is 3.44. The highest BCUT2D eigenvalue weighted by Gasteiger charge is 2.41. The number of amides is 1. The summed E-state index contributed by atoms with van der Waals surface area (Å²) in [7, 11) is -3.41. The van der Waals surface area contributed by atoms with Crippen molar-refractivity contribution in [2.24, 2.45) is 5.92 Å². The summed E-state index contributed by atoms with van der Waals surface area (Å²) >= 11 is 0. The van der Waals surface area contributed by atoms with E-state index in [1.807, 2.05) is 12.1 Å². The van der Waals surface area contributed by atoms with Crippen molar-refractivity contribution >= 4 is 15.9 Å². The molecule has 5 nitrogen and oxygen atoms in total. The van der Waals surface area contributed by atoms with Gasteiger partial charge in [0.05, 0.1) is 4.90 Å². The number of hydrogen-bond donors (Lipinski definition) is 0. The average molecular weight is 419 g/mol. The molecule has 1 aliphatic heterocycles. The van der Waals surface area contributed by atoms with Gasteiger partial charge in [0, 0.05) is 31.6 Å². The van der Waals surface area contributed by atoms with Crippen LogP contribution in [0.2, 0.25) is 0 Å². The molecule has 2 saturated carbocycles. The lowest BCUT2D eigenvalue weighted by Crippen LogP contribution is -2.41. The van der Waals surface area contributed by atoms with Gasteiger partial charge >= 0.3 is 0 Å². The lowest BCUT2D eigenvalue weighted by molar-refractivity contribution is -0.134. The minimum atomic E-state index is -3.41. The Bertz CT molecular complexity index is 805. The van der Waals surface area contributed by atoms with Crippen molar-refractivity contribution in [1.29, 1.82) is 0 Å². The van der Waals surface area contributed by atoms with Gasteiger partial charge in [-0.05, 0) is 75.5 Å². The second-order valence-corrected chi connectivity index (χ2v) is 11.0. The molecule has 1 aromatic rings. The lowest BCUT2D eigenvalue weighted by atomic mass is 10.1. The molecule has 0 radical (unpaired) electrons. The molecule has 1 atom stereocenters. The molecule has 0 aromatic heterocycles. The Morgan fingerprint density at radius 2 is 1.66 bits per heavy atom.